The lowest BCUT2D eigenvalue weighted by Crippen LogP contribution is -2.25. The average molecular weight is 380 g/mol. The number of para-hydroxylation sites is 2. The molecular weight excluding hydrogens is 365 g/mol. The van der Waals surface area contributed by atoms with Gasteiger partial charge in [0.1, 0.15) is 5.71 Å². The van der Waals surface area contributed by atoms with Crippen molar-refractivity contribution in [3.05, 3.63) is 95.6 Å². The zero-order chi connectivity index (χ0) is 19.7. The lowest BCUT2D eigenvalue weighted by atomic mass is 10.1. The molecule has 0 saturated heterocycles. The van der Waals surface area contributed by atoms with Gasteiger partial charge in [-0.15, -0.1) is 0 Å². The summed E-state index contributed by atoms with van der Waals surface area (Å²) in [6, 6.07) is 21.4. The third-order valence-corrected chi connectivity index (χ3v) is 4.49. The molecule has 3 aromatic carbocycles. The Morgan fingerprint density at radius 2 is 1.57 bits per heavy atom. The van der Waals surface area contributed by atoms with Crippen LogP contribution in [0.4, 0.5) is 24.5 Å². The fraction of sp³-hybridized carbons (Fsp3) is 0.0909. The van der Waals surface area contributed by atoms with Gasteiger partial charge in [-0.25, -0.2) is 0 Å². The van der Waals surface area contributed by atoms with Gasteiger partial charge in [0, 0.05) is 11.3 Å². The Labute approximate surface area is 159 Å². The first-order chi connectivity index (χ1) is 13.4. The Hall–Kier alpha value is -3.41. The van der Waals surface area contributed by atoms with Gasteiger partial charge in [0.15, 0.2) is 0 Å². The van der Waals surface area contributed by atoms with Crippen molar-refractivity contribution in [2.75, 3.05) is 4.90 Å². The molecule has 0 spiro atoms. The Kier molecular flexibility index (Phi) is 4.47. The van der Waals surface area contributed by atoms with Crippen molar-refractivity contribution < 1.29 is 18.0 Å². The minimum Gasteiger partial charge on any atom is -0.275 e. The second kappa shape index (κ2) is 6.96. The van der Waals surface area contributed by atoms with Gasteiger partial charge in [-0.1, -0.05) is 48.5 Å². The lowest BCUT2D eigenvalue weighted by Gasteiger charge is -2.16. The molecule has 0 aromatic heterocycles. The van der Waals surface area contributed by atoms with Gasteiger partial charge in [-0.3, -0.25) is 14.7 Å². The van der Waals surface area contributed by atoms with Crippen LogP contribution in [0.2, 0.25) is 0 Å². The Morgan fingerprint density at radius 3 is 2.32 bits per heavy atom. The molecule has 0 unspecified atom stereocenters. The van der Waals surface area contributed by atoms with Gasteiger partial charge in [0.05, 0.1) is 17.8 Å². The highest BCUT2D eigenvalue weighted by molar-refractivity contribution is 6.55. The Balaban J connectivity index is 1.70. The van der Waals surface area contributed by atoms with E-state index in [4.69, 9.17) is 0 Å². The van der Waals surface area contributed by atoms with E-state index in [2.05, 4.69) is 4.99 Å². The number of anilines is 2. The van der Waals surface area contributed by atoms with E-state index in [0.717, 1.165) is 12.1 Å². The summed E-state index contributed by atoms with van der Waals surface area (Å²) < 4.78 is 38.7. The fourth-order valence-electron chi connectivity index (χ4n) is 3.20. The topological polar surface area (TPSA) is 32.7 Å². The average Bonchev–Trinajstić information content (AvgIpc) is 2.98. The van der Waals surface area contributed by atoms with Gasteiger partial charge >= 0.3 is 6.18 Å². The lowest BCUT2D eigenvalue weighted by molar-refractivity contribution is -0.137. The number of hydrogen-bond donors (Lipinski definition) is 0. The van der Waals surface area contributed by atoms with E-state index in [1.807, 2.05) is 42.5 Å². The SMILES string of the molecule is O=C1C(=NCc2cccc(C(F)(F)F)c2)c2ccccc2N1c1ccccc1. The number of alkyl halides is 3. The van der Waals surface area contributed by atoms with Gasteiger partial charge in [-0.05, 0) is 35.9 Å². The van der Waals surface area contributed by atoms with Crippen molar-refractivity contribution in [2.45, 2.75) is 12.7 Å². The summed E-state index contributed by atoms with van der Waals surface area (Å²) in [6.07, 6.45) is -4.41. The number of rotatable bonds is 3. The molecule has 6 heteroatoms. The van der Waals surface area contributed by atoms with Crippen LogP contribution in [0.25, 0.3) is 0 Å². The van der Waals surface area contributed by atoms with Crippen molar-refractivity contribution in [3.63, 3.8) is 0 Å². The highest BCUT2D eigenvalue weighted by Crippen LogP contribution is 2.35. The predicted molar refractivity (Wildman–Crippen MR) is 102 cm³/mol. The van der Waals surface area contributed by atoms with Crippen LogP contribution < -0.4 is 4.90 Å². The maximum atomic E-state index is 13.0. The number of hydrogen-bond acceptors (Lipinski definition) is 2. The minimum absolute atomic E-state index is 0.0119. The standard InChI is InChI=1S/C22H15F3N2O/c23-22(24,25)16-8-6-7-15(13-16)14-26-20-18-11-4-5-12-19(18)27(21(20)28)17-9-2-1-3-10-17/h1-13H,14H2. The van der Waals surface area contributed by atoms with Crippen LogP contribution in [0.5, 0.6) is 0 Å². The maximum Gasteiger partial charge on any atom is 0.416 e. The number of fused-ring (bicyclic) bond motifs is 1. The molecule has 1 aliphatic heterocycles. The number of carbonyl (C=O) groups is 1. The molecule has 3 aromatic rings. The highest BCUT2D eigenvalue weighted by Gasteiger charge is 2.34. The van der Waals surface area contributed by atoms with E-state index in [-0.39, 0.29) is 18.2 Å². The van der Waals surface area contributed by atoms with E-state index < -0.39 is 11.7 Å². The largest absolute Gasteiger partial charge is 0.416 e. The van der Waals surface area contributed by atoms with Gasteiger partial charge in [-0.2, -0.15) is 13.2 Å². The van der Waals surface area contributed by atoms with Crippen molar-refractivity contribution in [3.8, 4) is 0 Å². The van der Waals surface area contributed by atoms with E-state index in [9.17, 15) is 18.0 Å². The molecule has 0 atom stereocenters. The summed E-state index contributed by atoms with van der Waals surface area (Å²) in [5.74, 6) is -0.292. The molecule has 0 fully saturated rings. The van der Waals surface area contributed by atoms with E-state index in [0.29, 0.717) is 22.5 Å². The number of amides is 1. The van der Waals surface area contributed by atoms with Gasteiger partial charge in [0.25, 0.3) is 5.91 Å². The smallest absolute Gasteiger partial charge is 0.275 e. The number of aliphatic imine (C=N–C) groups is 1. The molecule has 3 nitrogen and oxygen atoms in total. The van der Waals surface area contributed by atoms with Crippen molar-refractivity contribution in [2.24, 2.45) is 4.99 Å². The van der Waals surface area contributed by atoms with E-state index in [1.165, 1.54) is 6.07 Å². The van der Waals surface area contributed by atoms with Crippen molar-refractivity contribution >= 4 is 23.0 Å². The molecule has 0 radical (unpaired) electrons. The zero-order valence-electron chi connectivity index (χ0n) is 14.6. The summed E-state index contributed by atoms with van der Waals surface area (Å²) in [6.45, 7) is -0.0119. The van der Waals surface area contributed by atoms with Crippen LogP contribution >= 0.6 is 0 Å². The summed E-state index contributed by atoms with van der Waals surface area (Å²) in [7, 11) is 0. The summed E-state index contributed by atoms with van der Waals surface area (Å²) in [5.41, 5.74) is 2.01. The number of nitrogens with zero attached hydrogens (tertiary/aromatic N) is 2. The fourth-order valence-corrected chi connectivity index (χ4v) is 3.20. The first-order valence-corrected chi connectivity index (χ1v) is 8.64. The maximum absolute atomic E-state index is 13.0. The van der Waals surface area contributed by atoms with Crippen LogP contribution in [0, 0.1) is 0 Å². The van der Waals surface area contributed by atoms with Crippen LogP contribution in [-0.4, -0.2) is 11.6 Å². The number of carbonyl (C=O) groups excluding carboxylic acids is 1. The molecule has 0 aliphatic carbocycles. The third kappa shape index (κ3) is 3.29. The second-order valence-electron chi connectivity index (χ2n) is 6.36. The van der Waals surface area contributed by atoms with Crippen LogP contribution in [-0.2, 0) is 17.5 Å². The van der Waals surface area contributed by atoms with Crippen molar-refractivity contribution in [1.82, 2.24) is 0 Å². The Bertz CT molecular complexity index is 1060. The highest BCUT2D eigenvalue weighted by atomic mass is 19.4. The molecule has 28 heavy (non-hydrogen) atoms. The zero-order valence-corrected chi connectivity index (χ0v) is 14.6. The number of benzene rings is 3. The molecule has 1 aliphatic rings. The van der Waals surface area contributed by atoms with Crippen LogP contribution in [0.15, 0.2) is 83.9 Å². The van der Waals surface area contributed by atoms with Crippen LogP contribution in [0.3, 0.4) is 0 Å². The third-order valence-electron chi connectivity index (χ3n) is 4.49. The van der Waals surface area contributed by atoms with Crippen molar-refractivity contribution in [1.29, 1.82) is 0 Å². The predicted octanol–water partition coefficient (Wildman–Crippen LogP) is 5.37. The van der Waals surface area contributed by atoms with Gasteiger partial charge in [0.2, 0.25) is 0 Å². The first kappa shape index (κ1) is 18.0. The number of halogens is 3. The molecule has 140 valence electrons. The quantitative estimate of drug-likeness (QED) is 0.601. The normalized spacial score (nSPS) is 15.2. The van der Waals surface area contributed by atoms with Crippen LogP contribution in [0.1, 0.15) is 16.7 Å². The second-order valence-corrected chi connectivity index (χ2v) is 6.36. The molecule has 0 saturated carbocycles. The van der Waals surface area contributed by atoms with E-state index >= 15 is 0 Å². The molecule has 0 bridgehead atoms. The monoisotopic (exact) mass is 380 g/mol. The first-order valence-electron chi connectivity index (χ1n) is 8.64. The summed E-state index contributed by atoms with van der Waals surface area (Å²) >= 11 is 0. The molecule has 4 rings (SSSR count). The molecule has 1 heterocycles. The Morgan fingerprint density at radius 1 is 0.857 bits per heavy atom. The molecule has 1 amide bonds. The molecular formula is C22H15F3N2O. The summed E-state index contributed by atoms with van der Waals surface area (Å²) in [5, 5.41) is 0. The minimum atomic E-state index is -4.41. The van der Waals surface area contributed by atoms with Gasteiger partial charge < -0.3 is 0 Å². The summed E-state index contributed by atoms with van der Waals surface area (Å²) in [4.78, 5) is 19.0. The molecule has 0 N–H and O–H groups in total. The van der Waals surface area contributed by atoms with E-state index in [1.54, 1.807) is 23.1 Å².